The van der Waals surface area contributed by atoms with Crippen LogP contribution in [-0.2, 0) is 9.53 Å². The number of unbranched alkanes of at least 4 members (excludes halogenated alkanes) is 1. The standard InChI is InChI=1S/C10H22N2O2.ClH/c1-4-5-6-12(7-8-14-3)10(13)9(2)11;/h9H,4-8,11H2,1-3H3;1H/t9-;/m0./s1. The minimum absolute atomic E-state index is 0. The second-order valence-electron chi connectivity index (χ2n) is 3.46. The van der Waals surface area contributed by atoms with Crippen molar-refractivity contribution in [3.8, 4) is 0 Å². The molecule has 1 atom stereocenters. The molecule has 0 aromatic rings. The summed E-state index contributed by atoms with van der Waals surface area (Å²) in [5.74, 6) is 0.00972. The van der Waals surface area contributed by atoms with E-state index >= 15 is 0 Å². The van der Waals surface area contributed by atoms with Crippen molar-refractivity contribution in [2.45, 2.75) is 32.7 Å². The molecular formula is C10H23ClN2O2. The predicted molar refractivity (Wildman–Crippen MR) is 64.3 cm³/mol. The summed E-state index contributed by atoms with van der Waals surface area (Å²) in [5, 5.41) is 0. The van der Waals surface area contributed by atoms with E-state index in [2.05, 4.69) is 6.92 Å². The normalized spacial score (nSPS) is 11.7. The Morgan fingerprint density at radius 3 is 2.47 bits per heavy atom. The third-order valence-electron chi connectivity index (χ3n) is 2.05. The predicted octanol–water partition coefficient (Wildman–Crippen LogP) is 1.03. The zero-order valence-electron chi connectivity index (χ0n) is 9.86. The number of nitrogens with two attached hydrogens (primary N) is 1. The van der Waals surface area contributed by atoms with Gasteiger partial charge in [-0.2, -0.15) is 0 Å². The Labute approximate surface area is 98.6 Å². The number of halogens is 1. The van der Waals surface area contributed by atoms with Gasteiger partial charge in [-0.25, -0.2) is 0 Å². The lowest BCUT2D eigenvalue weighted by Crippen LogP contribution is -2.43. The number of hydrogen-bond acceptors (Lipinski definition) is 3. The van der Waals surface area contributed by atoms with Gasteiger partial charge in [-0.05, 0) is 13.3 Å². The van der Waals surface area contributed by atoms with Gasteiger partial charge in [-0.15, -0.1) is 12.4 Å². The van der Waals surface area contributed by atoms with Crippen molar-refractivity contribution in [2.75, 3.05) is 26.8 Å². The van der Waals surface area contributed by atoms with E-state index in [9.17, 15) is 4.79 Å². The molecule has 0 saturated heterocycles. The summed E-state index contributed by atoms with van der Waals surface area (Å²) < 4.78 is 4.95. The van der Waals surface area contributed by atoms with Gasteiger partial charge >= 0.3 is 0 Å². The number of amides is 1. The minimum atomic E-state index is -0.413. The zero-order valence-corrected chi connectivity index (χ0v) is 10.7. The second kappa shape index (κ2) is 10.2. The number of methoxy groups -OCH3 is 1. The van der Waals surface area contributed by atoms with Crippen LogP contribution in [0.1, 0.15) is 26.7 Å². The molecule has 0 rings (SSSR count). The number of hydrogen-bond donors (Lipinski definition) is 1. The molecule has 0 aromatic carbocycles. The Hall–Kier alpha value is -0.320. The third-order valence-corrected chi connectivity index (χ3v) is 2.05. The number of ether oxygens (including phenoxy) is 1. The third kappa shape index (κ3) is 7.59. The van der Waals surface area contributed by atoms with Crippen LogP contribution in [0.4, 0.5) is 0 Å². The van der Waals surface area contributed by atoms with Gasteiger partial charge in [0, 0.05) is 20.2 Å². The first-order valence-electron chi connectivity index (χ1n) is 5.16. The highest BCUT2D eigenvalue weighted by molar-refractivity contribution is 5.85. The Bertz CT molecular complexity index is 158. The van der Waals surface area contributed by atoms with Crippen LogP contribution >= 0.6 is 12.4 Å². The van der Waals surface area contributed by atoms with E-state index in [1.54, 1.807) is 18.9 Å². The molecule has 0 bridgehead atoms. The average molecular weight is 239 g/mol. The molecule has 0 radical (unpaired) electrons. The smallest absolute Gasteiger partial charge is 0.239 e. The van der Waals surface area contributed by atoms with Gasteiger partial charge in [-0.1, -0.05) is 13.3 Å². The lowest BCUT2D eigenvalue weighted by molar-refractivity contribution is -0.132. The highest BCUT2D eigenvalue weighted by Crippen LogP contribution is 1.98. The van der Waals surface area contributed by atoms with E-state index in [1.807, 2.05) is 0 Å². The average Bonchev–Trinajstić information content (AvgIpc) is 2.17. The summed E-state index contributed by atoms with van der Waals surface area (Å²) in [6, 6.07) is -0.413. The van der Waals surface area contributed by atoms with Gasteiger partial charge in [0.15, 0.2) is 0 Å². The molecule has 4 nitrogen and oxygen atoms in total. The van der Waals surface area contributed by atoms with E-state index in [4.69, 9.17) is 10.5 Å². The van der Waals surface area contributed by atoms with Crippen molar-refractivity contribution >= 4 is 18.3 Å². The van der Waals surface area contributed by atoms with Crippen LogP contribution in [0.5, 0.6) is 0 Å². The van der Waals surface area contributed by atoms with Gasteiger partial charge in [0.25, 0.3) is 0 Å². The van der Waals surface area contributed by atoms with Crippen molar-refractivity contribution in [3.05, 3.63) is 0 Å². The van der Waals surface area contributed by atoms with Crippen LogP contribution in [0.3, 0.4) is 0 Å². The first-order chi connectivity index (χ1) is 6.63. The highest BCUT2D eigenvalue weighted by atomic mass is 35.5. The van der Waals surface area contributed by atoms with Gasteiger partial charge in [-0.3, -0.25) is 4.79 Å². The van der Waals surface area contributed by atoms with Gasteiger partial charge < -0.3 is 15.4 Å². The van der Waals surface area contributed by atoms with Crippen LogP contribution in [0, 0.1) is 0 Å². The summed E-state index contributed by atoms with van der Waals surface area (Å²) in [7, 11) is 1.63. The zero-order chi connectivity index (χ0) is 11.0. The Morgan fingerprint density at radius 1 is 1.47 bits per heavy atom. The van der Waals surface area contributed by atoms with E-state index < -0.39 is 6.04 Å². The van der Waals surface area contributed by atoms with Crippen molar-refractivity contribution in [1.29, 1.82) is 0 Å². The molecule has 0 aliphatic carbocycles. The van der Waals surface area contributed by atoms with E-state index in [1.165, 1.54) is 0 Å². The van der Waals surface area contributed by atoms with Gasteiger partial charge in [0.05, 0.1) is 12.6 Å². The summed E-state index contributed by atoms with van der Waals surface area (Å²) in [4.78, 5) is 13.4. The summed E-state index contributed by atoms with van der Waals surface area (Å²) in [6.07, 6.45) is 2.10. The molecular weight excluding hydrogens is 216 g/mol. The molecule has 0 aliphatic heterocycles. The monoisotopic (exact) mass is 238 g/mol. The van der Waals surface area contributed by atoms with Crippen LogP contribution in [0.2, 0.25) is 0 Å². The van der Waals surface area contributed by atoms with Crippen LogP contribution in [0.25, 0.3) is 0 Å². The molecule has 1 amide bonds. The molecule has 92 valence electrons. The van der Waals surface area contributed by atoms with Crippen molar-refractivity contribution in [3.63, 3.8) is 0 Å². The van der Waals surface area contributed by atoms with Crippen molar-refractivity contribution < 1.29 is 9.53 Å². The lowest BCUT2D eigenvalue weighted by atomic mass is 10.2. The molecule has 0 heterocycles. The first-order valence-corrected chi connectivity index (χ1v) is 5.16. The fourth-order valence-electron chi connectivity index (χ4n) is 1.17. The van der Waals surface area contributed by atoms with Crippen LogP contribution in [-0.4, -0.2) is 43.7 Å². The molecule has 0 fully saturated rings. The highest BCUT2D eigenvalue weighted by Gasteiger charge is 2.15. The maximum absolute atomic E-state index is 11.6. The molecule has 0 aromatic heterocycles. The van der Waals surface area contributed by atoms with Crippen molar-refractivity contribution in [2.24, 2.45) is 5.73 Å². The number of nitrogens with zero attached hydrogens (tertiary/aromatic N) is 1. The van der Waals surface area contributed by atoms with Gasteiger partial charge in [0.2, 0.25) is 5.91 Å². The number of rotatable bonds is 7. The lowest BCUT2D eigenvalue weighted by Gasteiger charge is -2.23. The maximum Gasteiger partial charge on any atom is 0.239 e. The quantitative estimate of drug-likeness (QED) is 0.721. The van der Waals surface area contributed by atoms with Crippen LogP contribution < -0.4 is 5.73 Å². The fraction of sp³-hybridized carbons (Fsp3) is 0.900. The summed E-state index contributed by atoms with van der Waals surface area (Å²) in [5.41, 5.74) is 5.55. The summed E-state index contributed by atoms with van der Waals surface area (Å²) >= 11 is 0. The van der Waals surface area contributed by atoms with E-state index in [0.29, 0.717) is 13.2 Å². The second-order valence-corrected chi connectivity index (χ2v) is 3.46. The Balaban J connectivity index is 0. The Kier molecular flexibility index (Phi) is 11.6. The molecule has 5 heteroatoms. The molecule has 2 N–H and O–H groups in total. The minimum Gasteiger partial charge on any atom is -0.383 e. The molecule has 0 spiro atoms. The molecule has 15 heavy (non-hydrogen) atoms. The molecule has 0 aliphatic rings. The van der Waals surface area contributed by atoms with Gasteiger partial charge in [0.1, 0.15) is 0 Å². The first kappa shape index (κ1) is 17.1. The topological polar surface area (TPSA) is 55.6 Å². The van der Waals surface area contributed by atoms with Crippen molar-refractivity contribution in [1.82, 2.24) is 4.90 Å². The Morgan fingerprint density at radius 2 is 2.07 bits per heavy atom. The van der Waals surface area contributed by atoms with Crippen LogP contribution in [0.15, 0.2) is 0 Å². The van der Waals surface area contributed by atoms with E-state index in [0.717, 1.165) is 19.4 Å². The fourth-order valence-corrected chi connectivity index (χ4v) is 1.17. The molecule has 0 unspecified atom stereocenters. The van der Waals surface area contributed by atoms with E-state index in [-0.39, 0.29) is 18.3 Å². The molecule has 0 saturated carbocycles. The number of carbonyl (C=O) groups is 1. The largest absolute Gasteiger partial charge is 0.383 e. The maximum atomic E-state index is 11.6. The summed E-state index contributed by atoms with van der Waals surface area (Å²) in [6.45, 7) is 5.80. The SMILES string of the molecule is CCCCN(CCOC)C(=O)[C@H](C)N.Cl. The number of carbonyl (C=O) groups excluding carboxylic acids is 1.